The molecule has 6 heteroatoms. The zero-order chi connectivity index (χ0) is 13.7. The van der Waals surface area contributed by atoms with Crippen molar-refractivity contribution >= 4 is 36.4 Å². The van der Waals surface area contributed by atoms with Gasteiger partial charge in [-0.05, 0) is 24.1 Å². The van der Waals surface area contributed by atoms with E-state index < -0.39 is 0 Å². The number of hydrogen-bond acceptors (Lipinski definition) is 3. The van der Waals surface area contributed by atoms with Crippen molar-refractivity contribution in [3.8, 4) is 5.75 Å². The molecule has 0 amide bonds. The Bertz CT molecular complexity index is 437. The lowest BCUT2D eigenvalue weighted by Crippen LogP contribution is -2.45. The van der Waals surface area contributed by atoms with Gasteiger partial charge in [-0.1, -0.05) is 23.7 Å². The molecule has 0 radical (unpaired) electrons. The Morgan fingerprint density at radius 3 is 2.62 bits per heavy atom. The molecule has 2 rings (SSSR count). The Kier molecular flexibility index (Phi) is 10.1. The third kappa shape index (κ3) is 5.35. The number of nitrogens with zero attached hydrogens (tertiary/aromatic N) is 1. The fourth-order valence-corrected chi connectivity index (χ4v) is 2.73. The maximum absolute atomic E-state index is 6.10. The second-order valence-corrected chi connectivity index (χ2v) is 5.13. The van der Waals surface area contributed by atoms with Crippen molar-refractivity contribution in [3.05, 3.63) is 41.4 Å². The summed E-state index contributed by atoms with van der Waals surface area (Å²) < 4.78 is 5.31. The first-order valence-electron chi connectivity index (χ1n) is 6.65. The number of benzene rings is 1. The lowest BCUT2D eigenvalue weighted by Gasteiger charge is -2.35. The summed E-state index contributed by atoms with van der Waals surface area (Å²) in [6.07, 6.45) is 2.92. The molecule has 0 aromatic heterocycles. The second-order valence-electron chi connectivity index (χ2n) is 4.72. The molecule has 1 aliphatic heterocycles. The lowest BCUT2D eigenvalue weighted by molar-refractivity contribution is 0.174. The number of ether oxygens (including phenoxy) is 1. The van der Waals surface area contributed by atoms with Crippen LogP contribution >= 0.6 is 36.4 Å². The van der Waals surface area contributed by atoms with E-state index >= 15 is 0 Å². The van der Waals surface area contributed by atoms with Crippen molar-refractivity contribution in [2.75, 3.05) is 33.3 Å². The zero-order valence-electron chi connectivity index (χ0n) is 12.2. The van der Waals surface area contributed by atoms with Gasteiger partial charge in [-0.15, -0.1) is 31.4 Å². The molecular weight excluding hydrogens is 331 g/mol. The molecular formula is C15H23Cl3N2O. The van der Waals surface area contributed by atoms with E-state index in [1.54, 1.807) is 7.11 Å². The molecule has 0 bridgehead atoms. The van der Waals surface area contributed by atoms with E-state index in [1.165, 1.54) is 5.56 Å². The average molecular weight is 354 g/mol. The maximum Gasteiger partial charge on any atom is 0.137 e. The topological polar surface area (TPSA) is 24.5 Å². The highest BCUT2D eigenvalue weighted by molar-refractivity contribution is 6.32. The molecule has 3 nitrogen and oxygen atoms in total. The van der Waals surface area contributed by atoms with E-state index in [4.69, 9.17) is 16.3 Å². The van der Waals surface area contributed by atoms with E-state index in [-0.39, 0.29) is 24.8 Å². The maximum atomic E-state index is 6.10. The summed E-state index contributed by atoms with van der Waals surface area (Å²) in [4.78, 5) is 2.49. The van der Waals surface area contributed by atoms with Gasteiger partial charge in [-0.2, -0.15) is 0 Å². The molecule has 0 aliphatic carbocycles. The molecule has 1 saturated heterocycles. The van der Waals surface area contributed by atoms with Crippen molar-refractivity contribution in [1.82, 2.24) is 10.2 Å². The van der Waals surface area contributed by atoms with Crippen LogP contribution in [0.2, 0.25) is 5.02 Å². The van der Waals surface area contributed by atoms with Gasteiger partial charge >= 0.3 is 0 Å². The minimum atomic E-state index is 0. The number of hydrogen-bond donors (Lipinski definition) is 1. The monoisotopic (exact) mass is 352 g/mol. The number of piperazine rings is 1. The van der Waals surface area contributed by atoms with E-state index in [2.05, 4.69) is 22.9 Å². The molecule has 0 spiro atoms. The first kappa shape index (κ1) is 20.6. The minimum Gasteiger partial charge on any atom is -0.495 e. The predicted molar refractivity (Wildman–Crippen MR) is 94.5 cm³/mol. The second kappa shape index (κ2) is 10.3. The van der Waals surface area contributed by atoms with Crippen LogP contribution < -0.4 is 10.1 Å². The SMILES string of the molecule is C=CC[C@H](c1ccc(Cl)c(OC)c1)N1CCNCC1.Cl.Cl. The van der Waals surface area contributed by atoms with Crippen molar-refractivity contribution in [1.29, 1.82) is 0 Å². The summed E-state index contributed by atoms with van der Waals surface area (Å²) in [5.74, 6) is 0.739. The number of halogens is 3. The number of methoxy groups -OCH3 is 1. The average Bonchev–Trinajstić information content (AvgIpc) is 2.46. The fourth-order valence-electron chi connectivity index (χ4n) is 2.53. The van der Waals surface area contributed by atoms with E-state index in [9.17, 15) is 0 Å². The molecule has 21 heavy (non-hydrogen) atoms. The first-order valence-corrected chi connectivity index (χ1v) is 7.03. The lowest BCUT2D eigenvalue weighted by atomic mass is 10.0. The predicted octanol–water partition coefficient (Wildman–Crippen LogP) is 3.71. The molecule has 0 saturated carbocycles. The normalized spacial score (nSPS) is 16.3. The fraction of sp³-hybridized carbons (Fsp3) is 0.467. The Labute approximate surface area is 144 Å². The van der Waals surface area contributed by atoms with Gasteiger partial charge in [-0.25, -0.2) is 0 Å². The van der Waals surface area contributed by atoms with Crippen molar-refractivity contribution in [2.45, 2.75) is 12.5 Å². The van der Waals surface area contributed by atoms with E-state index in [0.29, 0.717) is 11.1 Å². The summed E-state index contributed by atoms with van der Waals surface area (Å²) in [6.45, 7) is 8.08. The van der Waals surface area contributed by atoms with Crippen molar-refractivity contribution in [3.63, 3.8) is 0 Å². The zero-order valence-corrected chi connectivity index (χ0v) is 14.6. The van der Waals surface area contributed by atoms with Crippen LogP contribution in [0.4, 0.5) is 0 Å². The van der Waals surface area contributed by atoms with Gasteiger partial charge < -0.3 is 10.1 Å². The van der Waals surface area contributed by atoms with Gasteiger partial charge in [0.15, 0.2) is 0 Å². The van der Waals surface area contributed by atoms with E-state index in [1.807, 2.05) is 18.2 Å². The quantitative estimate of drug-likeness (QED) is 0.817. The Balaban J connectivity index is 0.00000200. The Hall–Kier alpha value is -0.450. The third-order valence-corrected chi connectivity index (χ3v) is 3.85. The van der Waals surface area contributed by atoms with Crippen LogP contribution in [0, 0.1) is 0 Å². The highest BCUT2D eigenvalue weighted by atomic mass is 35.5. The van der Waals surface area contributed by atoms with Gasteiger partial charge in [0.2, 0.25) is 0 Å². The molecule has 1 aromatic carbocycles. The Morgan fingerprint density at radius 2 is 2.05 bits per heavy atom. The third-order valence-electron chi connectivity index (χ3n) is 3.54. The molecule has 0 unspecified atom stereocenters. The largest absolute Gasteiger partial charge is 0.495 e. The van der Waals surface area contributed by atoms with Crippen LogP contribution in [-0.4, -0.2) is 38.2 Å². The molecule has 1 atom stereocenters. The molecule has 120 valence electrons. The summed E-state index contributed by atoms with van der Waals surface area (Å²) in [5, 5.41) is 4.04. The van der Waals surface area contributed by atoms with Gasteiger partial charge in [0.05, 0.1) is 12.1 Å². The summed E-state index contributed by atoms with van der Waals surface area (Å²) in [6, 6.07) is 6.39. The molecule has 1 heterocycles. The van der Waals surface area contributed by atoms with Crippen LogP contribution in [0.15, 0.2) is 30.9 Å². The molecule has 1 aliphatic rings. The van der Waals surface area contributed by atoms with Crippen LogP contribution in [0.5, 0.6) is 5.75 Å². The van der Waals surface area contributed by atoms with E-state index in [0.717, 1.165) is 38.3 Å². The number of rotatable bonds is 5. The van der Waals surface area contributed by atoms with Crippen LogP contribution in [0.1, 0.15) is 18.0 Å². The highest BCUT2D eigenvalue weighted by Crippen LogP contribution is 2.32. The van der Waals surface area contributed by atoms with Crippen LogP contribution in [0.25, 0.3) is 0 Å². The first-order chi connectivity index (χ1) is 9.26. The summed E-state index contributed by atoms with van der Waals surface area (Å²) >= 11 is 6.10. The van der Waals surface area contributed by atoms with Gasteiger partial charge in [0, 0.05) is 32.2 Å². The van der Waals surface area contributed by atoms with Crippen molar-refractivity contribution in [2.24, 2.45) is 0 Å². The molecule has 1 aromatic rings. The summed E-state index contributed by atoms with van der Waals surface area (Å²) in [5.41, 5.74) is 1.24. The van der Waals surface area contributed by atoms with Gasteiger partial charge in [-0.3, -0.25) is 4.90 Å². The smallest absolute Gasteiger partial charge is 0.137 e. The Morgan fingerprint density at radius 1 is 1.38 bits per heavy atom. The van der Waals surface area contributed by atoms with Gasteiger partial charge in [0.25, 0.3) is 0 Å². The molecule has 1 fully saturated rings. The van der Waals surface area contributed by atoms with Crippen LogP contribution in [0.3, 0.4) is 0 Å². The van der Waals surface area contributed by atoms with Crippen molar-refractivity contribution < 1.29 is 4.74 Å². The number of nitrogens with one attached hydrogen (secondary N) is 1. The molecule has 1 N–H and O–H groups in total. The summed E-state index contributed by atoms with van der Waals surface area (Å²) in [7, 11) is 1.65. The highest BCUT2D eigenvalue weighted by Gasteiger charge is 2.21. The minimum absolute atomic E-state index is 0. The van der Waals surface area contributed by atoms with Crippen LogP contribution in [-0.2, 0) is 0 Å². The van der Waals surface area contributed by atoms with Gasteiger partial charge in [0.1, 0.15) is 5.75 Å². The standard InChI is InChI=1S/C15H21ClN2O.2ClH/c1-3-4-14(18-9-7-17-8-10-18)12-5-6-13(16)15(11-12)19-2;;/h3,5-6,11,14,17H,1,4,7-10H2,2H3;2*1H/t14-;;/m1../s1.